The molecule has 1 saturated heterocycles. The molecule has 18 heavy (non-hydrogen) atoms. The topological polar surface area (TPSA) is 58.6 Å². The average molecular weight is 290 g/mol. The predicted octanol–water partition coefficient (Wildman–Crippen LogP) is 1.41. The van der Waals surface area contributed by atoms with E-state index in [4.69, 9.17) is 17.0 Å². The number of nitrogens with one attached hydrogen (secondary N) is 1. The fourth-order valence-electron chi connectivity index (χ4n) is 1.43. The number of thiocarbonyl (C=S) groups is 1. The van der Waals surface area contributed by atoms with Gasteiger partial charge in [-0.3, -0.25) is 0 Å². The van der Waals surface area contributed by atoms with Gasteiger partial charge < -0.3 is 19.7 Å². The molecule has 102 valence electrons. The summed E-state index contributed by atoms with van der Waals surface area (Å²) in [5.41, 5.74) is -0.527. The van der Waals surface area contributed by atoms with Crippen LogP contribution in [-0.4, -0.2) is 52.1 Å². The highest BCUT2D eigenvalue weighted by atomic mass is 32.2. The van der Waals surface area contributed by atoms with Gasteiger partial charge in [-0.25, -0.2) is 4.79 Å². The summed E-state index contributed by atoms with van der Waals surface area (Å²) >= 11 is 6.75. The highest BCUT2D eigenvalue weighted by Crippen LogP contribution is 2.22. The number of alkyl carbamates (subject to hydrolysis) is 1. The first-order valence-corrected chi connectivity index (χ1v) is 7.12. The van der Waals surface area contributed by atoms with E-state index in [1.807, 2.05) is 4.90 Å². The Morgan fingerprint density at radius 2 is 2.28 bits per heavy atom. The van der Waals surface area contributed by atoms with Crippen molar-refractivity contribution in [3.8, 4) is 0 Å². The summed E-state index contributed by atoms with van der Waals surface area (Å²) in [6.07, 6.45) is 0.372. The van der Waals surface area contributed by atoms with E-state index in [0.29, 0.717) is 4.99 Å². The van der Waals surface area contributed by atoms with Crippen LogP contribution in [0.25, 0.3) is 0 Å². The van der Waals surface area contributed by atoms with Crippen molar-refractivity contribution in [2.75, 3.05) is 18.8 Å². The van der Waals surface area contributed by atoms with Crippen molar-refractivity contribution < 1.29 is 14.3 Å². The summed E-state index contributed by atoms with van der Waals surface area (Å²) in [6, 6.07) is 0. The number of hydrogen-bond acceptors (Lipinski definition) is 5. The number of nitrogens with zero attached hydrogens (tertiary/aromatic N) is 1. The Morgan fingerprint density at radius 1 is 1.61 bits per heavy atom. The molecule has 1 N–H and O–H groups in total. The molecule has 7 heteroatoms. The number of carbonyl (C=O) groups is 2. The lowest BCUT2D eigenvalue weighted by molar-refractivity contribution is -0.108. The van der Waals surface area contributed by atoms with Crippen molar-refractivity contribution in [2.24, 2.45) is 0 Å². The van der Waals surface area contributed by atoms with Gasteiger partial charge in [0, 0.05) is 12.3 Å². The average Bonchev–Trinajstić information content (AvgIpc) is 2.71. The lowest BCUT2D eigenvalue weighted by atomic mass is 10.2. The zero-order chi connectivity index (χ0) is 13.8. The monoisotopic (exact) mass is 290 g/mol. The molecule has 0 spiro atoms. The maximum atomic E-state index is 11.4. The Bertz CT molecular complexity index is 342. The molecule has 0 aromatic heterocycles. The Hall–Kier alpha value is -0.820. The molecule has 1 amide bonds. The Kier molecular flexibility index (Phi) is 5.40. The maximum absolute atomic E-state index is 11.4. The van der Waals surface area contributed by atoms with Crippen LogP contribution >= 0.6 is 24.0 Å². The second kappa shape index (κ2) is 6.38. The minimum Gasteiger partial charge on any atom is -0.444 e. The first kappa shape index (κ1) is 15.2. The highest BCUT2D eigenvalue weighted by Gasteiger charge is 2.26. The van der Waals surface area contributed by atoms with Crippen molar-refractivity contribution in [1.29, 1.82) is 0 Å². The maximum Gasteiger partial charge on any atom is 0.408 e. The van der Waals surface area contributed by atoms with Gasteiger partial charge in [0.2, 0.25) is 0 Å². The summed E-state index contributed by atoms with van der Waals surface area (Å²) < 4.78 is 5.10. The summed E-state index contributed by atoms with van der Waals surface area (Å²) in [5.74, 6) is 0.871. The van der Waals surface area contributed by atoms with Crippen LogP contribution in [0, 0.1) is 0 Å². The zero-order valence-corrected chi connectivity index (χ0v) is 12.4. The fraction of sp³-hybridized carbons (Fsp3) is 0.727. The van der Waals surface area contributed by atoms with E-state index in [1.54, 1.807) is 32.5 Å². The number of amides is 1. The van der Waals surface area contributed by atoms with Gasteiger partial charge in [-0.1, -0.05) is 12.2 Å². The molecule has 1 aliphatic rings. The third-order valence-corrected chi connectivity index (χ3v) is 3.65. The van der Waals surface area contributed by atoms with E-state index in [9.17, 15) is 9.59 Å². The predicted molar refractivity (Wildman–Crippen MR) is 75.9 cm³/mol. The number of hydrogen-bond donors (Lipinski definition) is 1. The smallest absolute Gasteiger partial charge is 0.408 e. The van der Waals surface area contributed by atoms with E-state index in [1.165, 1.54) is 0 Å². The largest absolute Gasteiger partial charge is 0.444 e. The number of rotatable bonds is 3. The molecule has 1 rings (SSSR count). The molecular formula is C11H18N2O3S2. The molecule has 1 atom stereocenters. The van der Waals surface area contributed by atoms with Crippen LogP contribution in [0.2, 0.25) is 0 Å². The van der Waals surface area contributed by atoms with Crippen molar-refractivity contribution in [3.63, 3.8) is 0 Å². The van der Waals surface area contributed by atoms with Crippen molar-refractivity contribution in [3.05, 3.63) is 0 Å². The molecule has 1 aliphatic heterocycles. The van der Waals surface area contributed by atoms with E-state index in [-0.39, 0.29) is 11.9 Å². The standard InChI is InChI=1S/C11H18N2O3S2/c1-11(2,3)16-10(15)12-6-8(17)13-4-5-18-9(13)7-14/h7,9H,4-6H2,1-3H3,(H,12,15)/t9-/m1/s1. The first-order valence-electron chi connectivity index (χ1n) is 5.67. The Labute approximate surface area is 117 Å². The normalized spacial score (nSPS) is 19.5. The molecule has 5 nitrogen and oxygen atoms in total. The minimum atomic E-state index is -0.527. The third kappa shape index (κ3) is 4.81. The molecular weight excluding hydrogens is 272 g/mol. The quantitative estimate of drug-likeness (QED) is 0.626. The summed E-state index contributed by atoms with van der Waals surface area (Å²) in [7, 11) is 0. The van der Waals surface area contributed by atoms with Gasteiger partial charge in [0.25, 0.3) is 0 Å². The highest BCUT2D eigenvalue weighted by molar-refractivity contribution is 8.00. The van der Waals surface area contributed by atoms with Gasteiger partial charge >= 0.3 is 6.09 Å². The Morgan fingerprint density at radius 3 is 2.83 bits per heavy atom. The van der Waals surface area contributed by atoms with E-state index in [2.05, 4.69) is 5.32 Å². The van der Waals surface area contributed by atoms with Crippen molar-refractivity contribution in [1.82, 2.24) is 10.2 Å². The molecule has 0 aliphatic carbocycles. The molecule has 0 bridgehead atoms. The molecule has 0 saturated carbocycles. The minimum absolute atomic E-state index is 0.217. The summed E-state index contributed by atoms with van der Waals surface area (Å²) in [6.45, 7) is 6.34. The van der Waals surface area contributed by atoms with Crippen LogP contribution in [0.15, 0.2) is 0 Å². The van der Waals surface area contributed by atoms with Gasteiger partial charge in [0.1, 0.15) is 11.0 Å². The SMILES string of the molecule is CC(C)(C)OC(=O)NCC(=S)N1CCS[C@@H]1C=O. The van der Waals surface area contributed by atoms with Gasteiger partial charge in [0.05, 0.1) is 11.5 Å². The number of carbonyl (C=O) groups excluding carboxylic acids is 2. The second-order valence-electron chi connectivity index (χ2n) is 4.84. The zero-order valence-electron chi connectivity index (χ0n) is 10.8. The lowest BCUT2D eigenvalue weighted by Crippen LogP contribution is -2.43. The van der Waals surface area contributed by atoms with Crippen LogP contribution in [0.3, 0.4) is 0 Å². The van der Waals surface area contributed by atoms with Gasteiger partial charge in [-0.05, 0) is 20.8 Å². The van der Waals surface area contributed by atoms with Gasteiger partial charge in [-0.2, -0.15) is 0 Å². The molecule has 0 radical (unpaired) electrons. The third-order valence-electron chi connectivity index (χ3n) is 2.15. The van der Waals surface area contributed by atoms with Gasteiger partial charge in [0.15, 0.2) is 6.29 Å². The molecule has 0 aromatic rings. The van der Waals surface area contributed by atoms with Crippen molar-refractivity contribution in [2.45, 2.75) is 31.7 Å². The van der Waals surface area contributed by atoms with Crippen molar-refractivity contribution >= 4 is 41.3 Å². The van der Waals surface area contributed by atoms with Crippen LogP contribution in [0.4, 0.5) is 4.79 Å². The summed E-state index contributed by atoms with van der Waals surface area (Å²) in [4.78, 5) is 24.6. The lowest BCUT2D eigenvalue weighted by Gasteiger charge is -2.24. The van der Waals surface area contributed by atoms with Crippen LogP contribution in [0.5, 0.6) is 0 Å². The molecule has 1 fully saturated rings. The number of thioether (sulfide) groups is 1. The number of aldehydes is 1. The van der Waals surface area contributed by atoms with Crippen LogP contribution < -0.4 is 5.32 Å². The van der Waals surface area contributed by atoms with E-state index < -0.39 is 11.7 Å². The molecule has 1 heterocycles. The van der Waals surface area contributed by atoms with Crippen LogP contribution in [0.1, 0.15) is 20.8 Å². The van der Waals surface area contributed by atoms with E-state index in [0.717, 1.165) is 18.6 Å². The van der Waals surface area contributed by atoms with Crippen LogP contribution in [-0.2, 0) is 9.53 Å². The molecule has 0 unspecified atom stereocenters. The van der Waals surface area contributed by atoms with E-state index >= 15 is 0 Å². The first-order chi connectivity index (χ1) is 8.33. The summed E-state index contributed by atoms with van der Waals surface area (Å²) in [5, 5.41) is 2.37. The fourth-order valence-corrected chi connectivity index (χ4v) is 2.81. The number of ether oxygens (including phenoxy) is 1. The molecule has 0 aromatic carbocycles. The second-order valence-corrected chi connectivity index (χ2v) is 6.54. The Balaban J connectivity index is 2.37. The van der Waals surface area contributed by atoms with Gasteiger partial charge in [-0.15, -0.1) is 11.8 Å².